The van der Waals surface area contributed by atoms with Crippen molar-refractivity contribution in [2.75, 3.05) is 0 Å². The highest BCUT2D eigenvalue weighted by atomic mass is 19.2. The van der Waals surface area contributed by atoms with E-state index in [0.717, 1.165) is 12.1 Å². The molecule has 17 heavy (non-hydrogen) atoms. The molecule has 2 N–H and O–H groups in total. The van der Waals surface area contributed by atoms with Gasteiger partial charge in [-0.25, -0.2) is 13.2 Å². The Morgan fingerprint density at radius 1 is 0.765 bits per heavy atom. The average Bonchev–Trinajstić information content (AvgIpc) is 2.33. The predicted molar refractivity (Wildman–Crippen MR) is 59.6 cm³/mol. The summed E-state index contributed by atoms with van der Waals surface area (Å²) in [6.07, 6.45) is 0. The summed E-state index contributed by atoms with van der Waals surface area (Å²) in [6, 6.07) is 7.84. The maximum atomic E-state index is 13.2. The van der Waals surface area contributed by atoms with Crippen LogP contribution in [0, 0.1) is 17.5 Å². The first-order valence-electron chi connectivity index (χ1n) is 5.05. The summed E-state index contributed by atoms with van der Waals surface area (Å²) in [6.45, 7) is 0.0589. The molecule has 2 aromatic rings. The zero-order chi connectivity index (χ0) is 12.4. The third-order valence-corrected chi connectivity index (χ3v) is 2.52. The normalized spacial score (nSPS) is 10.6. The minimum Gasteiger partial charge on any atom is -0.326 e. The quantitative estimate of drug-likeness (QED) is 0.852. The Balaban J connectivity index is 2.49. The minimum atomic E-state index is -0.930. The van der Waals surface area contributed by atoms with Gasteiger partial charge in [-0.1, -0.05) is 12.1 Å². The smallest absolute Gasteiger partial charge is 0.159 e. The van der Waals surface area contributed by atoms with E-state index in [0.29, 0.717) is 16.7 Å². The van der Waals surface area contributed by atoms with Crippen LogP contribution in [0.3, 0.4) is 0 Å². The van der Waals surface area contributed by atoms with Gasteiger partial charge < -0.3 is 5.73 Å². The van der Waals surface area contributed by atoms with Crippen LogP contribution >= 0.6 is 0 Å². The highest BCUT2D eigenvalue weighted by Gasteiger charge is 2.07. The molecule has 0 spiro atoms. The van der Waals surface area contributed by atoms with Gasteiger partial charge in [0.05, 0.1) is 0 Å². The summed E-state index contributed by atoms with van der Waals surface area (Å²) in [5.74, 6) is -2.24. The van der Waals surface area contributed by atoms with Gasteiger partial charge in [0, 0.05) is 12.1 Å². The molecule has 2 aromatic carbocycles. The summed E-state index contributed by atoms with van der Waals surface area (Å²) < 4.78 is 39.0. The van der Waals surface area contributed by atoms with Crippen molar-refractivity contribution in [3.63, 3.8) is 0 Å². The fraction of sp³-hybridized carbons (Fsp3) is 0.0769. The Morgan fingerprint density at radius 3 is 1.94 bits per heavy atom. The molecule has 0 saturated heterocycles. The third kappa shape index (κ3) is 2.31. The highest BCUT2D eigenvalue weighted by Crippen LogP contribution is 2.23. The second-order valence-electron chi connectivity index (χ2n) is 3.64. The molecule has 0 aliphatic heterocycles. The van der Waals surface area contributed by atoms with E-state index in [1.54, 1.807) is 0 Å². The Kier molecular flexibility index (Phi) is 3.15. The summed E-state index contributed by atoms with van der Waals surface area (Å²) >= 11 is 0. The van der Waals surface area contributed by atoms with E-state index in [1.165, 1.54) is 24.3 Å². The van der Waals surface area contributed by atoms with Crippen LogP contribution in [0.2, 0.25) is 0 Å². The van der Waals surface area contributed by atoms with Gasteiger partial charge in [0.1, 0.15) is 5.82 Å². The van der Waals surface area contributed by atoms with E-state index >= 15 is 0 Å². The van der Waals surface area contributed by atoms with Gasteiger partial charge in [0.2, 0.25) is 0 Å². The van der Waals surface area contributed by atoms with Crippen LogP contribution in [0.15, 0.2) is 36.4 Å². The summed E-state index contributed by atoms with van der Waals surface area (Å²) in [7, 11) is 0. The molecule has 0 heterocycles. The molecule has 4 heteroatoms. The Labute approximate surface area is 96.7 Å². The summed E-state index contributed by atoms with van der Waals surface area (Å²) in [5.41, 5.74) is 6.80. The van der Waals surface area contributed by atoms with Crippen LogP contribution in [-0.2, 0) is 6.54 Å². The molecular formula is C13H10F3N. The van der Waals surface area contributed by atoms with E-state index < -0.39 is 17.5 Å². The molecule has 0 atom stereocenters. The molecule has 0 unspecified atom stereocenters. The van der Waals surface area contributed by atoms with Crippen LogP contribution in [-0.4, -0.2) is 0 Å². The first-order chi connectivity index (χ1) is 8.11. The van der Waals surface area contributed by atoms with Crippen LogP contribution < -0.4 is 5.73 Å². The van der Waals surface area contributed by atoms with Gasteiger partial charge in [-0.2, -0.15) is 0 Å². The lowest BCUT2D eigenvalue weighted by atomic mass is 10.0. The van der Waals surface area contributed by atoms with Gasteiger partial charge >= 0.3 is 0 Å². The van der Waals surface area contributed by atoms with E-state index in [1.807, 2.05) is 0 Å². The fourth-order valence-corrected chi connectivity index (χ4v) is 1.59. The molecule has 0 aromatic heterocycles. The van der Waals surface area contributed by atoms with Gasteiger partial charge in [-0.15, -0.1) is 0 Å². The Bertz CT molecular complexity index is 552. The summed E-state index contributed by atoms with van der Waals surface area (Å²) in [4.78, 5) is 0. The van der Waals surface area contributed by atoms with Crippen LogP contribution in [0.25, 0.3) is 11.1 Å². The zero-order valence-corrected chi connectivity index (χ0v) is 8.88. The average molecular weight is 237 g/mol. The number of nitrogens with two attached hydrogens (primary N) is 1. The lowest BCUT2D eigenvalue weighted by Crippen LogP contribution is -1.99. The molecule has 0 bridgehead atoms. The molecular weight excluding hydrogens is 227 g/mol. The second-order valence-corrected chi connectivity index (χ2v) is 3.64. The van der Waals surface area contributed by atoms with Crippen molar-refractivity contribution in [3.8, 4) is 11.1 Å². The van der Waals surface area contributed by atoms with Crippen molar-refractivity contribution < 1.29 is 13.2 Å². The van der Waals surface area contributed by atoms with E-state index in [4.69, 9.17) is 5.73 Å². The molecule has 1 nitrogen and oxygen atoms in total. The van der Waals surface area contributed by atoms with Crippen molar-refractivity contribution in [2.45, 2.75) is 6.54 Å². The number of hydrogen-bond acceptors (Lipinski definition) is 1. The molecule has 0 aliphatic carbocycles. The molecule has 0 fully saturated rings. The maximum Gasteiger partial charge on any atom is 0.159 e. The largest absolute Gasteiger partial charge is 0.326 e. The molecule has 0 saturated carbocycles. The molecule has 0 aliphatic rings. The third-order valence-electron chi connectivity index (χ3n) is 2.52. The number of hydrogen-bond donors (Lipinski definition) is 1. The lowest BCUT2D eigenvalue weighted by Gasteiger charge is -2.06. The van der Waals surface area contributed by atoms with Crippen LogP contribution in [0.4, 0.5) is 13.2 Å². The van der Waals surface area contributed by atoms with Gasteiger partial charge in [-0.3, -0.25) is 0 Å². The number of rotatable bonds is 2. The molecule has 0 radical (unpaired) electrons. The van der Waals surface area contributed by atoms with Crippen molar-refractivity contribution in [1.82, 2.24) is 0 Å². The Morgan fingerprint density at radius 2 is 1.35 bits per heavy atom. The fourth-order valence-electron chi connectivity index (χ4n) is 1.59. The van der Waals surface area contributed by atoms with Crippen molar-refractivity contribution in [2.24, 2.45) is 5.73 Å². The molecule has 0 amide bonds. The highest BCUT2D eigenvalue weighted by molar-refractivity contribution is 5.64. The topological polar surface area (TPSA) is 26.0 Å². The Hall–Kier alpha value is -1.81. The first-order valence-corrected chi connectivity index (χ1v) is 5.05. The lowest BCUT2D eigenvalue weighted by molar-refractivity contribution is 0.509. The van der Waals surface area contributed by atoms with Gasteiger partial charge in [0.15, 0.2) is 11.6 Å². The maximum absolute atomic E-state index is 13.2. The summed E-state index contributed by atoms with van der Waals surface area (Å²) in [5, 5.41) is 0. The minimum absolute atomic E-state index is 0.0589. The second kappa shape index (κ2) is 4.59. The van der Waals surface area contributed by atoms with Gasteiger partial charge in [-0.05, 0) is 35.4 Å². The standard InChI is InChI=1S/C13H10F3N/c14-11-3-1-8(5-10(11)7-17)9-2-4-12(15)13(16)6-9/h1-6H,7,17H2. The number of halogens is 3. The first kappa shape index (κ1) is 11.7. The number of benzene rings is 2. The van der Waals surface area contributed by atoms with E-state index in [9.17, 15) is 13.2 Å². The molecule has 2 rings (SSSR count). The van der Waals surface area contributed by atoms with Crippen LogP contribution in [0.5, 0.6) is 0 Å². The van der Waals surface area contributed by atoms with Crippen molar-refractivity contribution in [3.05, 3.63) is 59.4 Å². The van der Waals surface area contributed by atoms with Crippen LogP contribution in [0.1, 0.15) is 5.56 Å². The SMILES string of the molecule is NCc1cc(-c2ccc(F)c(F)c2)ccc1F. The molecule has 88 valence electrons. The van der Waals surface area contributed by atoms with Crippen molar-refractivity contribution >= 4 is 0 Å². The monoisotopic (exact) mass is 237 g/mol. The van der Waals surface area contributed by atoms with Crippen molar-refractivity contribution in [1.29, 1.82) is 0 Å². The van der Waals surface area contributed by atoms with E-state index in [-0.39, 0.29) is 6.54 Å². The van der Waals surface area contributed by atoms with E-state index in [2.05, 4.69) is 0 Å². The zero-order valence-electron chi connectivity index (χ0n) is 8.88. The predicted octanol–water partition coefficient (Wildman–Crippen LogP) is 3.23. The van der Waals surface area contributed by atoms with Gasteiger partial charge in [0.25, 0.3) is 0 Å².